The molecule has 1 saturated heterocycles. The Kier molecular flexibility index (Phi) is 21.3. The number of fused-ring (bicyclic) bond motifs is 1. The van der Waals surface area contributed by atoms with Gasteiger partial charge in [-0.3, -0.25) is 43.0 Å². The van der Waals surface area contributed by atoms with Crippen molar-refractivity contribution >= 4 is 96.5 Å². The highest BCUT2D eigenvalue weighted by molar-refractivity contribution is 7.90. The second-order valence-corrected chi connectivity index (χ2v) is 25.7. The average molecular weight is 1340 g/mol. The first kappa shape index (κ1) is 65.7. The Morgan fingerprint density at radius 3 is 2.20 bits per heavy atom. The number of carbonyl (C=O) groups is 2. The Hall–Kier alpha value is -7.73. The molecule has 1 aliphatic rings. The fourth-order valence-corrected chi connectivity index (χ4v) is 13.1. The highest BCUT2D eigenvalue weighted by Gasteiger charge is 2.37. The van der Waals surface area contributed by atoms with Crippen molar-refractivity contribution in [3.63, 3.8) is 0 Å². The molecule has 17 nitrogen and oxygen atoms in total. The minimum Gasteiger partial charge on any atom is -0.350 e. The molecule has 1 atom stereocenters. The largest absolute Gasteiger partial charge is 0.350 e. The minimum atomic E-state index is -3.93. The van der Waals surface area contributed by atoms with Gasteiger partial charge in [0.15, 0.2) is 5.78 Å². The summed E-state index contributed by atoms with van der Waals surface area (Å²) in [6.45, 7) is 6.61. The SMILES string of the molecule is Cc1cccc(-n2ccn3c(S(=O)(=O)Cc4ccccc4-c4ccc(Cl)cc4)nnc3c2=O)c1C.Cc1cccc(Cl)c1C(=O)NCC(c1cncs1)N1CCC(F)(F)CC1.O=C(CCCc1ccc(Cl)c(Cl)c1)c1cc(-n2ncc(=O)[nH]c2=O)ccc1Cl. The molecule has 26 heteroatoms. The molecule has 11 rings (SSSR count). The number of Topliss-reactive ketones (excluding diaryl/α,β-unsaturated/α-hetero) is 1. The third-order valence-corrected chi connectivity index (χ3v) is 18.8. The van der Waals surface area contributed by atoms with Gasteiger partial charge < -0.3 is 5.32 Å². The Labute approximate surface area is 538 Å². The van der Waals surface area contributed by atoms with E-state index < -0.39 is 32.6 Å². The van der Waals surface area contributed by atoms with Gasteiger partial charge in [-0.05, 0) is 127 Å². The number of thiazole rings is 1. The number of halogens is 7. The summed E-state index contributed by atoms with van der Waals surface area (Å²) in [5.74, 6) is -3.33. The van der Waals surface area contributed by atoms with Gasteiger partial charge in [-0.25, -0.2) is 22.0 Å². The zero-order chi connectivity index (χ0) is 63.7. The van der Waals surface area contributed by atoms with E-state index in [1.807, 2.05) is 80.3 Å². The molecule has 6 aromatic carbocycles. The average Bonchev–Trinajstić information content (AvgIpc) is 1.84. The molecular formula is C63H55Cl5F2N10O7S2. The predicted octanol–water partition coefficient (Wildman–Crippen LogP) is 13.2. The van der Waals surface area contributed by atoms with Crippen LogP contribution >= 0.6 is 69.3 Å². The number of hydrogen-bond donors (Lipinski definition) is 2. The van der Waals surface area contributed by atoms with Crippen molar-refractivity contribution in [2.24, 2.45) is 0 Å². The van der Waals surface area contributed by atoms with Crippen molar-refractivity contribution in [2.45, 2.75) is 75.7 Å². The molecule has 1 unspecified atom stereocenters. The standard InChI is InChI=1S/C26H21ClN4O3S.C19H14Cl3N3O3.C18H20ClF2N3OS/c1-17-6-5-9-23(18(17)2)30-14-15-31-24(25(30)32)28-29-26(31)35(33,34)16-20-7-3-4-8-22(20)19-10-12-21(27)13-11-19;20-14-7-5-12(25-19(28)24-18(27)10-23-25)9-13(14)17(26)3-1-2-11-4-6-15(21)16(22)8-11;1-12-3-2-4-13(19)16(12)17(25)23-9-14(15-10-22-11-26-15)24-7-5-18(20,21)6-8-24/h3-15H,16H2,1-2H3;4-10H,1-3H2,(H,24,27,28);2-4,10-11,14H,5-9H2,1H3,(H,23,25). The molecule has 460 valence electrons. The van der Waals surface area contributed by atoms with Crippen molar-refractivity contribution in [3.8, 4) is 22.5 Å². The minimum absolute atomic E-state index is 0.0574. The lowest BCUT2D eigenvalue weighted by Gasteiger charge is -2.37. The fraction of sp³-hybridized carbons (Fsp3) is 0.222. The van der Waals surface area contributed by atoms with Crippen LogP contribution in [0, 0.1) is 20.8 Å². The van der Waals surface area contributed by atoms with Crippen molar-refractivity contribution in [2.75, 3.05) is 19.6 Å². The van der Waals surface area contributed by atoms with Gasteiger partial charge in [0.1, 0.15) is 6.20 Å². The number of nitrogens with zero attached hydrogens (tertiary/aromatic N) is 8. The van der Waals surface area contributed by atoms with E-state index in [9.17, 15) is 41.2 Å². The number of hydrogen-bond acceptors (Lipinski definition) is 13. The summed E-state index contributed by atoms with van der Waals surface area (Å²) in [5, 5.41) is 16.5. The summed E-state index contributed by atoms with van der Waals surface area (Å²) in [4.78, 5) is 70.6. The predicted molar refractivity (Wildman–Crippen MR) is 344 cm³/mol. The van der Waals surface area contributed by atoms with Crippen LogP contribution in [0.1, 0.15) is 85.1 Å². The molecule has 0 spiro atoms. The smallest absolute Gasteiger partial charge is 0.349 e. The normalized spacial score (nSPS) is 13.4. The number of piperidine rings is 1. The quantitative estimate of drug-likeness (QED) is 0.0864. The van der Waals surface area contributed by atoms with Crippen LogP contribution in [0.2, 0.25) is 25.1 Å². The summed E-state index contributed by atoms with van der Waals surface area (Å²) in [7, 11) is -3.93. The number of benzene rings is 6. The molecule has 0 aliphatic carbocycles. The van der Waals surface area contributed by atoms with Crippen LogP contribution in [0.3, 0.4) is 0 Å². The maximum Gasteiger partial charge on any atom is 0.349 e. The summed E-state index contributed by atoms with van der Waals surface area (Å²) in [6, 6.07) is 35.1. The van der Waals surface area contributed by atoms with Crippen LogP contribution in [-0.2, 0) is 22.0 Å². The Morgan fingerprint density at radius 2 is 1.49 bits per heavy atom. The molecular weight excluding hydrogens is 1290 g/mol. The van der Waals surface area contributed by atoms with Gasteiger partial charge in [0.25, 0.3) is 22.5 Å². The number of alkyl halides is 2. The van der Waals surface area contributed by atoms with Gasteiger partial charge in [-0.1, -0.05) is 125 Å². The van der Waals surface area contributed by atoms with Crippen LogP contribution in [0.5, 0.6) is 0 Å². The number of ketones is 1. The maximum atomic E-state index is 13.5. The summed E-state index contributed by atoms with van der Waals surface area (Å²) >= 11 is 31.7. The van der Waals surface area contributed by atoms with Crippen LogP contribution in [0.25, 0.3) is 28.1 Å². The summed E-state index contributed by atoms with van der Waals surface area (Å²) < 4.78 is 57.5. The number of likely N-dealkylation sites (tertiary alicyclic amines) is 1. The number of aromatic nitrogens is 8. The van der Waals surface area contributed by atoms with Crippen molar-refractivity contribution in [3.05, 3.63) is 252 Å². The second kappa shape index (κ2) is 28.8. The monoisotopic (exact) mass is 1340 g/mol. The number of amides is 1. The Balaban J connectivity index is 0.000000161. The van der Waals surface area contributed by atoms with Gasteiger partial charge in [0, 0.05) is 73.0 Å². The third kappa shape index (κ3) is 16.0. The molecule has 4 aromatic heterocycles. The zero-order valence-electron chi connectivity index (χ0n) is 47.8. The molecule has 0 radical (unpaired) electrons. The number of sulfone groups is 1. The number of aromatic amines is 1. The van der Waals surface area contributed by atoms with E-state index in [0.717, 1.165) is 49.1 Å². The van der Waals surface area contributed by atoms with E-state index in [1.54, 1.807) is 72.5 Å². The maximum absolute atomic E-state index is 13.5. The van der Waals surface area contributed by atoms with Crippen molar-refractivity contribution in [1.29, 1.82) is 0 Å². The number of rotatable bonds is 16. The lowest BCUT2D eigenvalue weighted by atomic mass is 10.0. The number of nitrogens with one attached hydrogen (secondary N) is 2. The topological polar surface area (TPSA) is 216 Å². The van der Waals surface area contributed by atoms with Gasteiger partial charge >= 0.3 is 11.2 Å². The highest BCUT2D eigenvalue weighted by Crippen LogP contribution is 2.34. The molecule has 0 saturated carbocycles. The molecule has 1 aliphatic heterocycles. The second-order valence-electron chi connectivity index (χ2n) is 20.8. The lowest BCUT2D eigenvalue weighted by Crippen LogP contribution is -2.44. The van der Waals surface area contributed by atoms with Gasteiger partial charge in [0.2, 0.25) is 15.5 Å². The first-order valence-electron chi connectivity index (χ1n) is 27.6. The van der Waals surface area contributed by atoms with E-state index in [2.05, 4.69) is 30.6 Å². The third-order valence-electron chi connectivity index (χ3n) is 14.8. The van der Waals surface area contributed by atoms with E-state index in [4.69, 9.17) is 58.0 Å². The highest BCUT2D eigenvalue weighted by atomic mass is 35.5. The van der Waals surface area contributed by atoms with E-state index in [1.165, 1.54) is 38.6 Å². The van der Waals surface area contributed by atoms with Crippen molar-refractivity contribution < 1.29 is 26.8 Å². The first-order valence-corrected chi connectivity index (χ1v) is 32.0. The molecule has 1 fully saturated rings. The first-order chi connectivity index (χ1) is 42.5. The summed E-state index contributed by atoms with van der Waals surface area (Å²) in [5.41, 5.74) is 7.67. The molecule has 5 heterocycles. The van der Waals surface area contributed by atoms with Crippen LogP contribution < -0.4 is 22.1 Å². The number of carbonyl (C=O) groups excluding carboxylic acids is 2. The van der Waals surface area contributed by atoms with Gasteiger partial charge in [0.05, 0.1) is 54.3 Å². The fourth-order valence-electron chi connectivity index (χ4n) is 9.93. The molecule has 1 amide bonds. The van der Waals surface area contributed by atoms with E-state index in [-0.39, 0.29) is 77.2 Å². The van der Waals surface area contributed by atoms with E-state index >= 15 is 0 Å². The Bertz CT molecular complexity index is 4520. The Morgan fingerprint density at radius 1 is 0.775 bits per heavy atom. The van der Waals surface area contributed by atoms with Crippen LogP contribution in [0.4, 0.5) is 8.78 Å². The molecule has 10 aromatic rings. The van der Waals surface area contributed by atoms with Crippen molar-refractivity contribution in [1.82, 2.24) is 49.1 Å². The van der Waals surface area contributed by atoms with Gasteiger partial charge in [-0.15, -0.1) is 21.5 Å². The summed E-state index contributed by atoms with van der Waals surface area (Å²) in [6.07, 6.45) is 6.94. The molecule has 2 N–H and O–H groups in total. The van der Waals surface area contributed by atoms with E-state index in [0.29, 0.717) is 62.0 Å². The molecule has 89 heavy (non-hydrogen) atoms. The van der Waals surface area contributed by atoms with Crippen LogP contribution in [0.15, 0.2) is 171 Å². The zero-order valence-corrected chi connectivity index (χ0v) is 53.2. The number of aryl methyl sites for hydroxylation is 3. The molecule has 0 bridgehead atoms. The lowest BCUT2D eigenvalue weighted by molar-refractivity contribution is -0.0629. The number of H-pyrrole nitrogens is 1. The van der Waals surface area contributed by atoms with Gasteiger partial charge in [-0.2, -0.15) is 9.78 Å². The van der Waals surface area contributed by atoms with Crippen LogP contribution in [-0.4, -0.2) is 89.5 Å².